The summed E-state index contributed by atoms with van der Waals surface area (Å²) < 4.78 is 27.9. The van der Waals surface area contributed by atoms with Crippen LogP contribution < -0.4 is 0 Å². The van der Waals surface area contributed by atoms with Crippen molar-refractivity contribution in [2.75, 3.05) is 26.4 Å². The molecule has 0 aromatic heterocycles. The van der Waals surface area contributed by atoms with Gasteiger partial charge in [-0.25, -0.2) is 0 Å². The van der Waals surface area contributed by atoms with Crippen LogP contribution in [0.15, 0.2) is 0 Å². The average Bonchev–Trinajstić information content (AvgIpc) is 3.00. The molecule has 2 rings (SSSR count). The van der Waals surface area contributed by atoms with Crippen molar-refractivity contribution in [2.24, 2.45) is 0 Å². The molecule has 2 fully saturated rings. The van der Waals surface area contributed by atoms with Crippen molar-refractivity contribution in [3.05, 3.63) is 0 Å². The van der Waals surface area contributed by atoms with E-state index in [0.717, 1.165) is 0 Å². The third-order valence-corrected chi connectivity index (χ3v) is 6.04. The first-order valence-electron chi connectivity index (χ1n) is 11.5. The summed E-state index contributed by atoms with van der Waals surface area (Å²) in [6, 6.07) is 0. The fraction of sp³-hybridized carbons (Fsp3) is 1.00. The Hall–Kier alpha value is -0.480. The van der Waals surface area contributed by atoms with Gasteiger partial charge in [0, 0.05) is 6.61 Å². The first kappa shape index (κ1) is 28.8. The molecule has 2 unspecified atom stereocenters. The van der Waals surface area contributed by atoms with Gasteiger partial charge in [0.1, 0.15) is 37.1 Å². The van der Waals surface area contributed by atoms with Crippen LogP contribution in [-0.2, 0) is 23.7 Å². The maximum Gasteiger partial charge on any atom is 0.224 e. The van der Waals surface area contributed by atoms with Crippen LogP contribution in [0.2, 0.25) is 0 Å². The Kier molecular flexibility index (Phi) is 11.3. The summed E-state index contributed by atoms with van der Waals surface area (Å²) in [5, 5.41) is 71.2. The largest absolute Gasteiger partial charge is 0.391 e. The van der Waals surface area contributed by atoms with Gasteiger partial charge in [0.2, 0.25) is 5.79 Å². The van der Waals surface area contributed by atoms with Crippen molar-refractivity contribution < 1.29 is 59.4 Å². The monoisotopic (exact) mass is 484 g/mol. The molecule has 7 N–H and O–H groups in total. The van der Waals surface area contributed by atoms with Gasteiger partial charge in [-0.05, 0) is 26.2 Å². The molecule has 12 heteroatoms. The Balaban J connectivity index is 2.08. The highest BCUT2D eigenvalue weighted by Gasteiger charge is 2.57. The standard InChI is InChI=1S/C21H40O12/c1-4-12(22)8-29-7-6-14-16(25)17(26)18(27)20(31-14)33-21(10-30-9-13(23)5-2)19(28)15(24)11(3)32-21/h11-20,22-28H,4-10H2,1-3H3/t11-,12?,13?,14-,15-,16-,17+,18-,19+,20-,21+/m1/s1. The van der Waals surface area contributed by atoms with Crippen LogP contribution in [0.4, 0.5) is 0 Å². The third-order valence-electron chi connectivity index (χ3n) is 6.04. The first-order valence-corrected chi connectivity index (χ1v) is 11.5. The summed E-state index contributed by atoms with van der Waals surface area (Å²) in [6.45, 7) is 4.81. The molecule has 33 heavy (non-hydrogen) atoms. The lowest BCUT2D eigenvalue weighted by Crippen LogP contribution is -2.62. The summed E-state index contributed by atoms with van der Waals surface area (Å²) in [7, 11) is 0. The molecule has 196 valence electrons. The van der Waals surface area contributed by atoms with Gasteiger partial charge >= 0.3 is 0 Å². The predicted octanol–water partition coefficient (Wildman–Crippen LogP) is -2.39. The Morgan fingerprint density at radius 3 is 2.00 bits per heavy atom. The van der Waals surface area contributed by atoms with Gasteiger partial charge in [0.25, 0.3) is 0 Å². The molecule has 0 aromatic rings. The maximum absolute atomic E-state index is 10.6. The van der Waals surface area contributed by atoms with Crippen molar-refractivity contribution in [3.8, 4) is 0 Å². The summed E-state index contributed by atoms with van der Waals surface area (Å²) in [5.74, 6) is -1.95. The van der Waals surface area contributed by atoms with E-state index in [1.54, 1.807) is 6.92 Å². The molecule has 11 atom stereocenters. The van der Waals surface area contributed by atoms with E-state index in [2.05, 4.69) is 0 Å². The first-order chi connectivity index (χ1) is 15.6. The predicted molar refractivity (Wildman–Crippen MR) is 112 cm³/mol. The third kappa shape index (κ3) is 7.26. The van der Waals surface area contributed by atoms with Gasteiger partial charge < -0.3 is 59.4 Å². The molecule has 0 aromatic carbocycles. The van der Waals surface area contributed by atoms with Crippen molar-refractivity contribution in [1.29, 1.82) is 0 Å². The molecule has 0 amide bonds. The zero-order chi connectivity index (χ0) is 24.8. The van der Waals surface area contributed by atoms with E-state index in [0.29, 0.717) is 12.8 Å². The fourth-order valence-corrected chi connectivity index (χ4v) is 3.66. The normalized spacial score (nSPS) is 41.3. The molecule has 2 heterocycles. The van der Waals surface area contributed by atoms with Crippen LogP contribution in [0.1, 0.15) is 40.0 Å². The van der Waals surface area contributed by atoms with Gasteiger partial charge in [0.05, 0.1) is 37.6 Å². The molecular formula is C21H40O12. The van der Waals surface area contributed by atoms with Crippen molar-refractivity contribution in [2.45, 2.75) is 107 Å². The topological polar surface area (TPSA) is 188 Å². The number of aliphatic hydroxyl groups excluding tert-OH is 7. The van der Waals surface area contributed by atoms with Crippen LogP contribution in [-0.4, -0.2) is 129 Å². The summed E-state index contributed by atoms with van der Waals surface area (Å²) in [6.07, 6.45) is -11.3. The average molecular weight is 485 g/mol. The number of hydrogen-bond donors (Lipinski definition) is 7. The van der Waals surface area contributed by atoms with Gasteiger partial charge in [-0.3, -0.25) is 0 Å². The van der Waals surface area contributed by atoms with Gasteiger partial charge in [-0.15, -0.1) is 0 Å². The second kappa shape index (κ2) is 13.0. The highest BCUT2D eigenvalue weighted by Crippen LogP contribution is 2.37. The molecule has 0 saturated carbocycles. The lowest BCUT2D eigenvalue weighted by Gasteiger charge is -2.44. The van der Waals surface area contributed by atoms with E-state index in [1.807, 2.05) is 6.92 Å². The van der Waals surface area contributed by atoms with Crippen LogP contribution in [0.3, 0.4) is 0 Å². The van der Waals surface area contributed by atoms with Crippen LogP contribution in [0.5, 0.6) is 0 Å². The van der Waals surface area contributed by atoms with E-state index in [-0.39, 0.29) is 26.2 Å². The summed E-state index contributed by atoms with van der Waals surface area (Å²) in [5.41, 5.74) is 0. The van der Waals surface area contributed by atoms with Gasteiger partial charge in [-0.2, -0.15) is 0 Å². The molecule has 2 aliphatic rings. The zero-order valence-corrected chi connectivity index (χ0v) is 19.4. The van der Waals surface area contributed by atoms with Crippen LogP contribution in [0.25, 0.3) is 0 Å². The molecular weight excluding hydrogens is 444 g/mol. The minimum absolute atomic E-state index is 0.0822. The fourth-order valence-electron chi connectivity index (χ4n) is 3.66. The highest BCUT2D eigenvalue weighted by molar-refractivity contribution is 4.97. The second-order valence-corrected chi connectivity index (χ2v) is 8.71. The minimum atomic E-state index is -1.95. The maximum atomic E-state index is 10.6. The van der Waals surface area contributed by atoms with E-state index in [9.17, 15) is 35.7 Å². The quantitative estimate of drug-likeness (QED) is 0.138. The lowest BCUT2D eigenvalue weighted by atomic mass is 9.96. The van der Waals surface area contributed by atoms with Crippen molar-refractivity contribution in [3.63, 3.8) is 0 Å². The van der Waals surface area contributed by atoms with Crippen LogP contribution in [0, 0.1) is 0 Å². The Labute approximate surface area is 193 Å². The minimum Gasteiger partial charge on any atom is -0.391 e. The van der Waals surface area contributed by atoms with Crippen molar-refractivity contribution >= 4 is 0 Å². The van der Waals surface area contributed by atoms with E-state index in [4.69, 9.17) is 23.7 Å². The molecule has 2 saturated heterocycles. The Bertz CT molecular complexity index is 567. The van der Waals surface area contributed by atoms with E-state index >= 15 is 0 Å². The highest BCUT2D eigenvalue weighted by atomic mass is 16.8. The van der Waals surface area contributed by atoms with E-state index < -0.39 is 73.6 Å². The van der Waals surface area contributed by atoms with Crippen molar-refractivity contribution in [1.82, 2.24) is 0 Å². The number of rotatable bonds is 13. The molecule has 0 aliphatic carbocycles. The van der Waals surface area contributed by atoms with Crippen LogP contribution >= 0.6 is 0 Å². The molecule has 12 nitrogen and oxygen atoms in total. The second-order valence-electron chi connectivity index (χ2n) is 8.71. The summed E-state index contributed by atoms with van der Waals surface area (Å²) >= 11 is 0. The lowest BCUT2D eigenvalue weighted by molar-refractivity contribution is -0.384. The number of aliphatic hydroxyl groups is 7. The molecule has 2 aliphatic heterocycles. The number of hydrogen-bond acceptors (Lipinski definition) is 12. The molecule has 0 spiro atoms. The Morgan fingerprint density at radius 2 is 1.45 bits per heavy atom. The zero-order valence-electron chi connectivity index (χ0n) is 19.4. The molecule has 0 bridgehead atoms. The number of ether oxygens (including phenoxy) is 5. The smallest absolute Gasteiger partial charge is 0.224 e. The SMILES string of the molecule is CCC(O)COCC[C@H]1O[C@H](O[C@]2(COCC(O)CC)O[C@H](C)[C@@H](O)[C@@H]2O)[C@H](O)[C@@H](O)[C@@H]1O. The van der Waals surface area contributed by atoms with Gasteiger partial charge in [0.15, 0.2) is 6.29 Å². The molecule has 0 radical (unpaired) electrons. The van der Waals surface area contributed by atoms with E-state index in [1.165, 1.54) is 6.92 Å². The Morgan fingerprint density at radius 1 is 0.848 bits per heavy atom. The van der Waals surface area contributed by atoms with Gasteiger partial charge in [-0.1, -0.05) is 13.8 Å². The summed E-state index contributed by atoms with van der Waals surface area (Å²) in [4.78, 5) is 0.